The lowest BCUT2D eigenvalue weighted by molar-refractivity contribution is 0.100. The number of carbonyl (C=O) groups is 2. The Balaban J connectivity index is 1.52. The number of hydrogen-bond acceptors (Lipinski definition) is 4. The molecule has 0 radical (unpaired) electrons. The quantitative estimate of drug-likeness (QED) is 0.249. The topological polar surface area (TPSA) is 34.1 Å². The van der Waals surface area contributed by atoms with Crippen molar-refractivity contribution in [3.63, 3.8) is 0 Å². The second kappa shape index (κ2) is 11.2. The van der Waals surface area contributed by atoms with Crippen LogP contribution < -0.4 is 0 Å². The molecule has 0 atom stereocenters. The van der Waals surface area contributed by atoms with Crippen molar-refractivity contribution < 1.29 is 9.59 Å². The first-order valence-corrected chi connectivity index (χ1v) is 11.0. The van der Waals surface area contributed by atoms with E-state index in [0.717, 1.165) is 22.6 Å². The zero-order valence-electron chi connectivity index (χ0n) is 15.5. The van der Waals surface area contributed by atoms with E-state index in [4.69, 9.17) is 0 Å². The first kappa shape index (κ1) is 20.8. The second-order valence-corrected chi connectivity index (χ2v) is 8.61. The molecule has 0 fully saturated rings. The monoisotopic (exact) mass is 386 g/mol. The first-order valence-electron chi connectivity index (χ1n) is 9.04. The molecule has 2 nitrogen and oxygen atoms in total. The molecule has 0 spiro atoms. The van der Waals surface area contributed by atoms with Gasteiger partial charge in [-0.3, -0.25) is 9.59 Å². The third kappa shape index (κ3) is 7.38. The van der Waals surface area contributed by atoms with Crippen molar-refractivity contribution in [2.24, 2.45) is 0 Å². The van der Waals surface area contributed by atoms with Crippen LogP contribution in [-0.2, 0) is 0 Å². The van der Waals surface area contributed by atoms with Gasteiger partial charge in [-0.2, -0.15) is 0 Å². The van der Waals surface area contributed by atoms with Gasteiger partial charge in [0.15, 0.2) is 11.6 Å². The zero-order chi connectivity index (χ0) is 18.8. The van der Waals surface area contributed by atoms with Gasteiger partial charge in [0.1, 0.15) is 0 Å². The van der Waals surface area contributed by atoms with Crippen molar-refractivity contribution in [3.8, 4) is 0 Å². The van der Waals surface area contributed by atoms with Crippen LogP contribution in [-0.4, -0.2) is 23.1 Å². The summed E-state index contributed by atoms with van der Waals surface area (Å²) in [7, 11) is 0. The third-order valence-electron chi connectivity index (χ3n) is 4.10. The minimum Gasteiger partial charge on any atom is -0.295 e. The standard InChI is InChI=1S/C22H26O2S2/c1-17(23)19-7-11-21(12-8-19)25-15-5-3-4-6-16-26-22-13-9-20(10-14-22)18(2)24/h7-14H,3-6,15-16H2,1-2H3. The summed E-state index contributed by atoms with van der Waals surface area (Å²) in [4.78, 5) is 25.0. The molecule has 0 unspecified atom stereocenters. The predicted octanol–water partition coefficient (Wildman–Crippen LogP) is 6.54. The number of hydrogen-bond donors (Lipinski definition) is 0. The molecule has 0 saturated carbocycles. The van der Waals surface area contributed by atoms with Gasteiger partial charge < -0.3 is 0 Å². The van der Waals surface area contributed by atoms with Crippen molar-refractivity contribution in [1.82, 2.24) is 0 Å². The second-order valence-electron chi connectivity index (χ2n) is 6.27. The number of benzene rings is 2. The highest BCUT2D eigenvalue weighted by Crippen LogP contribution is 2.22. The molecule has 0 N–H and O–H groups in total. The minimum absolute atomic E-state index is 0.120. The highest BCUT2D eigenvalue weighted by Gasteiger charge is 2.01. The molecule has 0 amide bonds. The predicted molar refractivity (Wildman–Crippen MR) is 113 cm³/mol. The summed E-state index contributed by atoms with van der Waals surface area (Å²) in [6.07, 6.45) is 4.94. The number of carbonyl (C=O) groups excluding carboxylic acids is 2. The Bertz CT molecular complexity index is 642. The number of thioether (sulfide) groups is 2. The van der Waals surface area contributed by atoms with E-state index in [9.17, 15) is 9.59 Å². The highest BCUT2D eigenvalue weighted by atomic mass is 32.2. The summed E-state index contributed by atoms with van der Waals surface area (Å²) >= 11 is 3.72. The van der Waals surface area contributed by atoms with E-state index in [0.29, 0.717) is 0 Å². The molecular formula is C22H26O2S2. The lowest BCUT2D eigenvalue weighted by Gasteiger charge is -2.04. The van der Waals surface area contributed by atoms with Gasteiger partial charge in [0.25, 0.3) is 0 Å². The largest absolute Gasteiger partial charge is 0.295 e. The Morgan fingerprint density at radius 3 is 1.27 bits per heavy atom. The molecule has 0 saturated heterocycles. The summed E-state index contributed by atoms with van der Waals surface area (Å²) in [5.41, 5.74) is 1.56. The summed E-state index contributed by atoms with van der Waals surface area (Å²) in [5, 5.41) is 0. The van der Waals surface area contributed by atoms with Gasteiger partial charge in [0, 0.05) is 20.9 Å². The fourth-order valence-electron chi connectivity index (χ4n) is 2.51. The summed E-state index contributed by atoms with van der Waals surface area (Å²) in [6, 6.07) is 15.8. The summed E-state index contributed by atoms with van der Waals surface area (Å²) in [5.74, 6) is 2.49. The molecule has 0 heterocycles. The van der Waals surface area contributed by atoms with Crippen LogP contribution in [0.3, 0.4) is 0 Å². The molecule has 0 bridgehead atoms. The van der Waals surface area contributed by atoms with Crippen LogP contribution in [0.15, 0.2) is 58.3 Å². The smallest absolute Gasteiger partial charge is 0.159 e. The van der Waals surface area contributed by atoms with Gasteiger partial charge in [0.05, 0.1) is 0 Å². The van der Waals surface area contributed by atoms with Crippen molar-refractivity contribution >= 4 is 35.1 Å². The van der Waals surface area contributed by atoms with E-state index in [1.807, 2.05) is 72.1 Å². The van der Waals surface area contributed by atoms with Crippen LogP contribution in [0.4, 0.5) is 0 Å². The van der Waals surface area contributed by atoms with Crippen LogP contribution in [0.25, 0.3) is 0 Å². The van der Waals surface area contributed by atoms with E-state index in [2.05, 4.69) is 0 Å². The van der Waals surface area contributed by atoms with Crippen LogP contribution in [0.2, 0.25) is 0 Å². The van der Waals surface area contributed by atoms with E-state index in [1.54, 1.807) is 13.8 Å². The van der Waals surface area contributed by atoms with Crippen molar-refractivity contribution in [2.75, 3.05) is 11.5 Å². The maximum Gasteiger partial charge on any atom is 0.159 e. The molecule has 2 rings (SSSR count). The summed E-state index contributed by atoms with van der Waals surface area (Å²) < 4.78 is 0. The Morgan fingerprint density at radius 1 is 0.615 bits per heavy atom. The van der Waals surface area contributed by atoms with Crippen LogP contribution in [0.1, 0.15) is 60.2 Å². The number of Topliss-reactive ketones (excluding diaryl/α,β-unsaturated/α-hetero) is 2. The van der Waals surface area contributed by atoms with Crippen molar-refractivity contribution in [2.45, 2.75) is 49.3 Å². The number of unbranched alkanes of at least 4 members (excludes halogenated alkanes) is 3. The molecule has 0 aliphatic rings. The van der Waals surface area contributed by atoms with Crippen LogP contribution in [0, 0.1) is 0 Å². The molecular weight excluding hydrogens is 360 g/mol. The maximum absolute atomic E-state index is 11.3. The van der Waals surface area contributed by atoms with E-state index >= 15 is 0 Å². The van der Waals surface area contributed by atoms with E-state index in [1.165, 1.54) is 35.5 Å². The van der Waals surface area contributed by atoms with Crippen molar-refractivity contribution in [1.29, 1.82) is 0 Å². The van der Waals surface area contributed by atoms with Gasteiger partial charge in [-0.1, -0.05) is 37.1 Å². The minimum atomic E-state index is 0.120. The molecule has 138 valence electrons. The lowest BCUT2D eigenvalue weighted by Crippen LogP contribution is -1.91. The molecule has 2 aromatic carbocycles. The lowest BCUT2D eigenvalue weighted by atomic mass is 10.2. The fourth-order valence-corrected chi connectivity index (χ4v) is 4.33. The zero-order valence-corrected chi connectivity index (χ0v) is 17.1. The first-order chi connectivity index (χ1) is 12.6. The average Bonchev–Trinajstić information content (AvgIpc) is 2.64. The normalized spacial score (nSPS) is 10.7. The Labute approximate surface area is 165 Å². The van der Waals surface area contributed by atoms with Crippen LogP contribution >= 0.6 is 23.5 Å². The van der Waals surface area contributed by atoms with Gasteiger partial charge in [-0.05, 0) is 62.5 Å². The molecule has 26 heavy (non-hydrogen) atoms. The molecule has 0 aromatic heterocycles. The maximum atomic E-state index is 11.3. The Kier molecular flexibility index (Phi) is 8.99. The SMILES string of the molecule is CC(=O)c1ccc(SCCCCCCSc2ccc(C(C)=O)cc2)cc1. The molecule has 0 aliphatic heterocycles. The number of ketones is 2. The third-order valence-corrected chi connectivity index (χ3v) is 6.29. The average molecular weight is 387 g/mol. The van der Waals surface area contributed by atoms with Gasteiger partial charge >= 0.3 is 0 Å². The van der Waals surface area contributed by atoms with Crippen LogP contribution in [0.5, 0.6) is 0 Å². The van der Waals surface area contributed by atoms with Gasteiger partial charge in [-0.25, -0.2) is 0 Å². The summed E-state index contributed by atoms with van der Waals surface area (Å²) in [6.45, 7) is 3.20. The highest BCUT2D eigenvalue weighted by molar-refractivity contribution is 7.99. The molecule has 2 aromatic rings. The Morgan fingerprint density at radius 2 is 0.962 bits per heavy atom. The molecule has 0 aliphatic carbocycles. The van der Waals surface area contributed by atoms with Gasteiger partial charge in [-0.15, -0.1) is 23.5 Å². The Hall–Kier alpha value is -1.52. The number of rotatable bonds is 11. The van der Waals surface area contributed by atoms with E-state index < -0.39 is 0 Å². The van der Waals surface area contributed by atoms with E-state index in [-0.39, 0.29) is 11.6 Å². The van der Waals surface area contributed by atoms with Gasteiger partial charge in [0.2, 0.25) is 0 Å². The fraction of sp³-hybridized carbons (Fsp3) is 0.364. The molecule has 4 heteroatoms. The van der Waals surface area contributed by atoms with Crippen molar-refractivity contribution in [3.05, 3.63) is 59.7 Å².